The topological polar surface area (TPSA) is 226 Å². The van der Waals surface area contributed by atoms with E-state index in [4.69, 9.17) is 9.47 Å². The molecule has 4 saturated carbocycles. The van der Waals surface area contributed by atoms with Crippen LogP contribution in [-0.4, -0.2) is 117 Å². The van der Waals surface area contributed by atoms with Crippen molar-refractivity contribution in [3.63, 3.8) is 0 Å². The molecule has 0 aromatic rings. The van der Waals surface area contributed by atoms with Gasteiger partial charge in [0.05, 0.1) is 46.4 Å². The first-order valence-corrected chi connectivity index (χ1v) is 19.6. The Kier molecular flexibility index (Phi) is 13.5. The van der Waals surface area contributed by atoms with Crippen LogP contribution in [0, 0.1) is 52.3 Å². The van der Waals surface area contributed by atoms with Gasteiger partial charge < -0.3 is 50.0 Å². The number of hydrogen-bond donors (Lipinski definition) is 7. The number of amides is 1. The molecule has 4 aliphatic carbocycles. The number of allylic oxidation sites excluding steroid dienone is 2. The van der Waals surface area contributed by atoms with E-state index in [1.807, 2.05) is 13.0 Å². The molecule has 5 fully saturated rings. The van der Waals surface area contributed by atoms with Crippen molar-refractivity contribution in [1.29, 1.82) is 0 Å². The maximum atomic E-state index is 12.7. The van der Waals surface area contributed by atoms with Gasteiger partial charge in [-0.3, -0.25) is 4.79 Å². The second-order valence-corrected chi connectivity index (χ2v) is 18.1. The normalized spacial score (nSPS) is 46.5. The molecule has 0 unspecified atom stereocenters. The molecule has 13 nitrogen and oxygen atoms in total. The van der Waals surface area contributed by atoms with Crippen molar-refractivity contribution >= 4 is 16.0 Å². The van der Waals surface area contributed by atoms with Crippen LogP contribution in [-0.2, 0) is 24.4 Å². The van der Waals surface area contributed by atoms with Crippen molar-refractivity contribution < 1.29 is 87.4 Å². The second-order valence-electron chi connectivity index (χ2n) is 16.6. The number of nitrogens with one attached hydrogen (secondary N) is 1. The van der Waals surface area contributed by atoms with Crippen molar-refractivity contribution in [2.75, 3.05) is 18.9 Å². The summed E-state index contributed by atoms with van der Waals surface area (Å²) in [5, 5.41) is 68.9. The number of rotatable bonds is 10. The van der Waals surface area contributed by atoms with Gasteiger partial charge in [0.15, 0.2) is 6.29 Å². The molecule has 1 amide bonds. The van der Waals surface area contributed by atoms with Gasteiger partial charge in [0, 0.05) is 24.8 Å². The summed E-state index contributed by atoms with van der Waals surface area (Å²) >= 11 is 0. The first-order valence-electron chi connectivity index (χ1n) is 18.0. The fourth-order valence-electron chi connectivity index (χ4n) is 10.9. The molecule has 50 heavy (non-hydrogen) atoms. The van der Waals surface area contributed by atoms with Crippen LogP contribution >= 0.6 is 0 Å². The third kappa shape index (κ3) is 8.08. The van der Waals surface area contributed by atoms with Gasteiger partial charge in [0.1, 0.15) is 18.3 Å². The van der Waals surface area contributed by atoms with Gasteiger partial charge in [-0.25, -0.2) is 8.42 Å². The minimum absolute atomic E-state index is 0. The van der Waals surface area contributed by atoms with Crippen LogP contribution in [0.15, 0.2) is 12.2 Å². The first-order chi connectivity index (χ1) is 22.7. The third-order valence-electron chi connectivity index (χ3n) is 13.7. The molecule has 1 saturated heterocycles. The van der Waals surface area contributed by atoms with Crippen LogP contribution in [0.1, 0.15) is 79.6 Å². The van der Waals surface area contributed by atoms with Gasteiger partial charge in [-0.05, 0) is 78.9 Å². The van der Waals surface area contributed by atoms with Gasteiger partial charge in [-0.15, -0.1) is 0 Å². The monoisotopic (exact) mass is 739 g/mol. The van der Waals surface area contributed by atoms with E-state index >= 15 is 0 Å². The van der Waals surface area contributed by atoms with Crippen LogP contribution in [0.3, 0.4) is 0 Å². The average molecular weight is 740 g/mol. The molecule has 0 radical (unpaired) electrons. The Bertz CT molecular complexity index is 1340. The zero-order valence-electron chi connectivity index (χ0n) is 30.3. The number of carbonyl (C=O) groups is 1. The number of ether oxygens (including phenoxy) is 2. The predicted molar refractivity (Wildman–Crippen MR) is 176 cm³/mol. The van der Waals surface area contributed by atoms with Gasteiger partial charge in [-0.2, -0.15) is 0 Å². The van der Waals surface area contributed by atoms with Gasteiger partial charge in [-0.1, -0.05) is 46.8 Å². The molecule has 17 atom stereocenters. The number of carbonyl (C=O) groups excluding carboxylic acids is 1. The number of aliphatic hydroxyl groups excluding tert-OH is 5. The maximum Gasteiger partial charge on any atom is 1.00 e. The van der Waals surface area contributed by atoms with Crippen molar-refractivity contribution in [2.24, 2.45) is 52.3 Å². The van der Waals surface area contributed by atoms with Crippen LogP contribution in [0.25, 0.3) is 0 Å². The van der Waals surface area contributed by atoms with Crippen molar-refractivity contribution in [3.05, 3.63) is 12.2 Å². The molecule has 1 heterocycles. The minimum atomic E-state index is -4.41. The molecule has 0 spiro atoms. The predicted octanol–water partition coefficient (Wildman–Crippen LogP) is -2.34. The molecule has 1 aliphatic heterocycles. The largest absolute Gasteiger partial charge is 1.00 e. The van der Waals surface area contributed by atoms with Crippen molar-refractivity contribution in [3.8, 4) is 0 Å². The summed E-state index contributed by atoms with van der Waals surface area (Å²) in [6, 6.07) is 0. The van der Waals surface area contributed by atoms with Crippen LogP contribution in [0.2, 0.25) is 0 Å². The summed E-state index contributed by atoms with van der Waals surface area (Å²) in [7, 11) is -4.41. The zero-order chi connectivity index (χ0) is 36.3. The van der Waals surface area contributed by atoms with Crippen LogP contribution < -0.4 is 34.9 Å². The molecular weight excluding hydrogens is 681 g/mol. The van der Waals surface area contributed by atoms with Crippen LogP contribution in [0.5, 0.6) is 0 Å². The zero-order valence-corrected chi connectivity index (χ0v) is 33.2. The van der Waals surface area contributed by atoms with E-state index < -0.39 is 80.9 Å². The van der Waals surface area contributed by atoms with E-state index in [0.29, 0.717) is 25.7 Å². The van der Waals surface area contributed by atoms with Gasteiger partial charge in [0.2, 0.25) is 5.91 Å². The van der Waals surface area contributed by atoms with E-state index in [1.54, 1.807) is 6.92 Å². The molecule has 0 bridgehead atoms. The summed E-state index contributed by atoms with van der Waals surface area (Å²) in [5.74, 6) is -2.30. The van der Waals surface area contributed by atoms with Crippen molar-refractivity contribution in [2.45, 2.75) is 128 Å². The van der Waals surface area contributed by atoms with Crippen molar-refractivity contribution in [1.82, 2.24) is 5.32 Å². The molecule has 0 aromatic heterocycles. The van der Waals surface area contributed by atoms with Gasteiger partial charge >= 0.3 is 29.6 Å². The molecule has 5 rings (SSSR count). The number of aliphatic hydroxyl groups is 6. The van der Waals surface area contributed by atoms with E-state index in [1.165, 1.54) is 0 Å². The van der Waals surface area contributed by atoms with E-state index in [-0.39, 0.29) is 90.7 Å². The standard InChI is InChI=1S/C35H59NO12S.Na/c1-18(20(3)31(42)36-12-13-49(44,45)46)6-7-19(2)22-15-24(37)30-34(22,5)11-9-27-33(4)10-8-21(14-23(33)25(38)16-35(27,30)43)48-32-29(41)28(40)26(39)17-47-32;/h6-7,18-30,32,37-41,43H,8-17H2,1-5H3,(H,36,42)(H,44,45,46);/q;+1/p-1/b7-6+;/t18-,19-,20+,21+,22-,23-,24-,25+,26-,27-,28+,29-,30-,32+,33+,34-,35+;/m1./s1. The molecule has 282 valence electrons. The molecule has 15 heteroatoms. The maximum absolute atomic E-state index is 12.7. The number of fused-ring (bicyclic) bond motifs is 5. The quantitative estimate of drug-likeness (QED) is 0.0542. The average Bonchev–Trinajstić information content (AvgIpc) is 3.30. The Morgan fingerprint density at radius 1 is 0.980 bits per heavy atom. The van der Waals surface area contributed by atoms with Crippen LogP contribution in [0.4, 0.5) is 0 Å². The summed E-state index contributed by atoms with van der Waals surface area (Å²) in [6.07, 6.45) is 1.05. The SMILES string of the molecule is C[C@H](/C=C/[C@@H](C)[C@H]1C[C@@H](O)[C@@H]2[C@]1(C)CC[C@@H]1[C@@]3(C)CC[C@H](O[C@@H]4OC[C@@H](O)[C@H](O)[C@H]4O)C[C@@H]3[C@@H](O)C[C@]12O)[C@H](C)C(=O)NCCS(=O)(=O)[O-].[Na+]. The van der Waals surface area contributed by atoms with E-state index in [0.717, 1.165) is 12.8 Å². The smallest absolute Gasteiger partial charge is 0.748 e. The minimum Gasteiger partial charge on any atom is -0.748 e. The number of hydrogen-bond acceptors (Lipinski definition) is 12. The van der Waals surface area contributed by atoms with Gasteiger partial charge in [0.25, 0.3) is 0 Å². The Hall–Kier alpha value is -0.200. The van der Waals surface area contributed by atoms with E-state index in [9.17, 15) is 48.4 Å². The Morgan fingerprint density at radius 2 is 1.64 bits per heavy atom. The molecule has 7 N–H and O–H groups in total. The Morgan fingerprint density at radius 3 is 2.30 bits per heavy atom. The third-order valence-corrected chi connectivity index (χ3v) is 14.4. The summed E-state index contributed by atoms with van der Waals surface area (Å²) in [6.45, 7) is 9.66. The fourth-order valence-corrected chi connectivity index (χ4v) is 11.2. The second kappa shape index (κ2) is 15.9. The van der Waals surface area contributed by atoms with E-state index in [2.05, 4.69) is 32.2 Å². The summed E-state index contributed by atoms with van der Waals surface area (Å²) in [5.41, 5.74) is -2.08. The first kappa shape index (κ1) is 42.5. The Labute approximate surface area is 318 Å². The molecular formula is C35H58NNaO12S. The molecule has 5 aliphatic rings. The summed E-state index contributed by atoms with van der Waals surface area (Å²) < 4.78 is 44.2. The fraction of sp³-hybridized carbons (Fsp3) is 0.914. The molecule has 0 aromatic carbocycles. The summed E-state index contributed by atoms with van der Waals surface area (Å²) in [4.78, 5) is 12.6. The Balaban J connectivity index is 0.00000562.